The predicted octanol–water partition coefficient (Wildman–Crippen LogP) is 3.46. The Bertz CT molecular complexity index is 777. The van der Waals surface area contributed by atoms with Gasteiger partial charge in [-0.25, -0.2) is 13.8 Å². The summed E-state index contributed by atoms with van der Waals surface area (Å²) in [5.41, 5.74) is 0.360. The smallest absolute Gasteiger partial charge is 0.231 e. The molecule has 3 rings (SSSR count). The van der Waals surface area contributed by atoms with Crippen molar-refractivity contribution in [3.8, 4) is 0 Å². The highest BCUT2D eigenvalue weighted by molar-refractivity contribution is 5.92. The van der Waals surface area contributed by atoms with Crippen LogP contribution in [0.1, 0.15) is 44.2 Å². The number of imidazole rings is 1. The molecule has 1 saturated heterocycles. The Balaban J connectivity index is 1.76. The molecule has 140 valence electrons. The Labute approximate surface area is 151 Å². The molecule has 1 unspecified atom stereocenters. The molecule has 0 radical (unpaired) electrons. The van der Waals surface area contributed by atoms with E-state index in [-0.39, 0.29) is 17.9 Å². The number of benzene rings is 1. The number of carbonyl (C=O) groups excluding carboxylic acids is 1. The van der Waals surface area contributed by atoms with Crippen molar-refractivity contribution in [1.82, 2.24) is 14.9 Å². The lowest BCUT2D eigenvalue weighted by Crippen LogP contribution is -2.30. The number of halogens is 2. The van der Waals surface area contributed by atoms with Gasteiger partial charge in [0.25, 0.3) is 0 Å². The van der Waals surface area contributed by atoms with Crippen LogP contribution < -0.4 is 10.6 Å². The molecule has 1 amide bonds. The quantitative estimate of drug-likeness (QED) is 0.827. The molecule has 2 aromatic rings. The molecule has 3 atom stereocenters. The molecular weight excluding hydrogens is 338 g/mol. The van der Waals surface area contributed by atoms with Crippen LogP contribution in [0.15, 0.2) is 30.6 Å². The Morgan fingerprint density at radius 2 is 2.23 bits per heavy atom. The summed E-state index contributed by atoms with van der Waals surface area (Å²) < 4.78 is 29.3. The molecule has 2 N–H and O–H groups in total. The van der Waals surface area contributed by atoms with E-state index in [0.29, 0.717) is 24.6 Å². The minimum atomic E-state index is -0.620. The van der Waals surface area contributed by atoms with E-state index in [1.807, 2.05) is 10.8 Å². The van der Waals surface area contributed by atoms with E-state index in [1.54, 1.807) is 6.20 Å². The van der Waals surface area contributed by atoms with Gasteiger partial charge in [-0.1, -0.05) is 19.4 Å². The summed E-state index contributed by atoms with van der Waals surface area (Å²) in [6.07, 6.45) is 5.52. The zero-order valence-electron chi connectivity index (χ0n) is 15.0. The number of amides is 1. The first-order chi connectivity index (χ1) is 12.5. The van der Waals surface area contributed by atoms with E-state index in [2.05, 4.69) is 29.5 Å². The van der Waals surface area contributed by atoms with Gasteiger partial charge in [-0.15, -0.1) is 0 Å². The third-order valence-electron chi connectivity index (χ3n) is 5.00. The molecule has 1 aromatic heterocycles. The second-order valence-corrected chi connectivity index (χ2v) is 6.82. The van der Waals surface area contributed by atoms with Gasteiger partial charge in [0.1, 0.15) is 11.6 Å². The molecule has 1 aromatic carbocycles. The zero-order chi connectivity index (χ0) is 18.7. The number of rotatable bonds is 6. The molecule has 1 aliphatic rings. The van der Waals surface area contributed by atoms with Crippen molar-refractivity contribution >= 4 is 11.9 Å². The average Bonchev–Trinajstić information content (AvgIpc) is 3.24. The van der Waals surface area contributed by atoms with Crippen LogP contribution in [0.25, 0.3) is 0 Å². The Hall–Kier alpha value is -2.28. The van der Waals surface area contributed by atoms with Gasteiger partial charge >= 0.3 is 0 Å². The highest BCUT2D eigenvalue weighted by Crippen LogP contribution is 2.31. The van der Waals surface area contributed by atoms with E-state index in [0.717, 1.165) is 18.9 Å². The summed E-state index contributed by atoms with van der Waals surface area (Å²) in [6.45, 7) is 5.10. The number of hydrogen-bond acceptors (Lipinski definition) is 3. The van der Waals surface area contributed by atoms with Crippen molar-refractivity contribution in [2.24, 2.45) is 5.92 Å². The van der Waals surface area contributed by atoms with Crippen LogP contribution in [-0.2, 0) is 4.79 Å². The lowest BCUT2D eigenvalue weighted by Gasteiger charge is -2.20. The van der Waals surface area contributed by atoms with Crippen LogP contribution in [0, 0.1) is 17.6 Å². The highest BCUT2D eigenvalue weighted by atomic mass is 19.1. The number of nitrogens with one attached hydrogen (secondary N) is 2. The van der Waals surface area contributed by atoms with Crippen LogP contribution in [0.3, 0.4) is 0 Å². The molecule has 0 spiro atoms. The standard InChI is InChI=1S/C19H24F2N4O/c1-3-4-12(2)25-8-7-23-19(25)24-18(26)16-11-22-10-15(16)14-6-5-13(20)9-17(14)21/h5-9,12,15-16,22H,3-4,10-11H2,1-2H3,(H,23,24,26)/t12?,15-,16+/m0/s1. The fraction of sp³-hybridized carbons (Fsp3) is 0.474. The maximum atomic E-state index is 14.2. The SMILES string of the molecule is CCCC(C)n1ccnc1NC(=O)[C@@H]1CNC[C@H]1c1ccc(F)cc1F. The monoisotopic (exact) mass is 362 g/mol. The molecule has 2 heterocycles. The van der Waals surface area contributed by atoms with E-state index in [4.69, 9.17) is 0 Å². The Kier molecular flexibility index (Phi) is 5.66. The summed E-state index contributed by atoms with van der Waals surface area (Å²) in [5, 5.41) is 6.01. The van der Waals surface area contributed by atoms with Gasteiger partial charge in [0, 0.05) is 43.5 Å². The third kappa shape index (κ3) is 3.77. The number of carbonyl (C=O) groups is 1. The molecule has 5 nitrogen and oxygen atoms in total. The fourth-order valence-corrected chi connectivity index (χ4v) is 3.61. The van der Waals surface area contributed by atoms with E-state index in [9.17, 15) is 13.6 Å². The minimum Gasteiger partial charge on any atom is -0.315 e. The van der Waals surface area contributed by atoms with Crippen molar-refractivity contribution < 1.29 is 13.6 Å². The first-order valence-corrected chi connectivity index (χ1v) is 9.00. The van der Waals surface area contributed by atoms with Gasteiger partial charge in [-0.05, 0) is 25.0 Å². The molecule has 7 heteroatoms. The predicted molar refractivity (Wildman–Crippen MR) is 95.9 cm³/mol. The minimum absolute atomic E-state index is 0.208. The Morgan fingerprint density at radius 1 is 1.42 bits per heavy atom. The second kappa shape index (κ2) is 7.95. The molecule has 0 saturated carbocycles. The van der Waals surface area contributed by atoms with E-state index < -0.39 is 17.6 Å². The molecule has 26 heavy (non-hydrogen) atoms. The Morgan fingerprint density at radius 3 is 2.96 bits per heavy atom. The lowest BCUT2D eigenvalue weighted by atomic mass is 9.88. The summed E-state index contributed by atoms with van der Waals surface area (Å²) >= 11 is 0. The van der Waals surface area contributed by atoms with Crippen LogP contribution in [0.4, 0.5) is 14.7 Å². The maximum Gasteiger partial charge on any atom is 0.231 e. The average molecular weight is 362 g/mol. The van der Waals surface area contributed by atoms with Crippen LogP contribution in [0.5, 0.6) is 0 Å². The summed E-state index contributed by atoms with van der Waals surface area (Å²) in [6, 6.07) is 3.74. The number of nitrogens with zero attached hydrogens (tertiary/aromatic N) is 2. The molecule has 1 fully saturated rings. The maximum absolute atomic E-state index is 14.2. The second-order valence-electron chi connectivity index (χ2n) is 6.82. The normalized spacial score (nSPS) is 20.9. The van der Waals surface area contributed by atoms with Crippen LogP contribution in [-0.4, -0.2) is 28.5 Å². The van der Waals surface area contributed by atoms with Gasteiger partial charge in [-0.3, -0.25) is 10.1 Å². The summed E-state index contributed by atoms with van der Waals surface area (Å²) in [7, 11) is 0. The number of hydrogen-bond donors (Lipinski definition) is 2. The molecule has 0 bridgehead atoms. The zero-order valence-corrected chi connectivity index (χ0v) is 15.0. The van der Waals surface area contributed by atoms with Crippen molar-refractivity contribution in [2.45, 2.75) is 38.6 Å². The van der Waals surface area contributed by atoms with Crippen LogP contribution in [0.2, 0.25) is 0 Å². The number of aromatic nitrogens is 2. The fourth-order valence-electron chi connectivity index (χ4n) is 3.61. The molecular formula is C19H24F2N4O. The highest BCUT2D eigenvalue weighted by Gasteiger charge is 2.36. The lowest BCUT2D eigenvalue weighted by molar-refractivity contribution is -0.119. The molecule has 1 aliphatic heterocycles. The van der Waals surface area contributed by atoms with Crippen molar-refractivity contribution in [3.05, 3.63) is 47.8 Å². The van der Waals surface area contributed by atoms with Crippen LogP contribution >= 0.6 is 0 Å². The van der Waals surface area contributed by atoms with Crippen molar-refractivity contribution in [1.29, 1.82) is 0 Å². The van der Waals surface area contributed by atoms with Gasteiger partial charge in [0.15, 0.2) is 0 Å². The van der Waals surface area contributed by atoms with Gasteiger partial charge in [0.05, 0.1) is 5.92 Å². The van der Waals surface area contributed by atoms with Gasteiger partial charge in [0.2, 0.25) is 11.9 Å². The van der Waals surface area contributed by atoms with Crippen molar-refractivity contribution in [2.75, 3.05) is 18.4 Å². The van der Waals surface area contributed by atoms with Gasteiger partial charge < -0.3 is 9.88 Å². The summed E-state index contributed by atoms with van der Waals surface area (Å²) in [4.78, 5) is 17.1. The summed E-state index contributed by atoms with van der Waals surface area (Å²) in [5.74, 6) is -1.73. The van der Waals surface area contributed by atoms with E-state index >= 15 is 0 Å². The number of anilines is 1. The first-order valence-electron chi connectivity index (χ1n) is 9.00. The first kappa shape index (κ1) is 18.5. The topological polar surface area (TPSA) is 59.0 Å². The van der Waals surface area contributed by atoms with Crippen molar-refractivity contribution in [3.63, 3.8) is 0 Å². The third-order valence-corrected chi connectivity index (χ3v) is 5.00. The largest absolute Gasteiger partial charge is 0.315 e. The van der Waals surface area contributed by atoms with E-state index in [1.165, 1.54) is 12.1 Å². The molecule has 0 aliphatic carbocycles. The van der Waals surface area contributed by atoms with Gasteiger partial charge in [-0.2, -0.15) is 0 Å².